The van der Waals surface area contributed by atoms with E-state index >= 15 is 0 Å². The van der Waals surface area contributed by atoms with Crippen molar-refractivity contribution in [3.05, 3.63) is 70.7 Å². The molecule has 4 rings (SSSR count). The third kappa shape index (κ3) is 4.70. The van der Waals surface area contributed by atoms with Crippen LogP contribution in [0.3, 0.4) is 0 Å². The van der Waals surface area contributed by atoms with E-state index in [4.69, 9.17) is 0 Å². The van der Waals surface area contributed by atoms with E-state index in [1.54, 1.807) is 0 Å². The highest BCUT2D eigenvalue weighted by Crippen LogP contribution is 2.32. The number of nitrogens with one attached hydrogen (secondary N) is 1. The molecule has 3 heterocycles. The van der Waals surface area contributed by atoms with Gasteiger partial charge in [-0.25, -0.2) is 0 Å². The zero-order valence-electron chi connectivity index (χ0n) is 17.0. The summed E-state index contributed by atoms with van der Waals surface area (Å²) in [5, 5.41) is 1.43. The third-order valence-electron chi connectivity index (χ3n) is 5.24. The molecule has 0 radical (unpaired) electrons. The van der Waals surface area contributed by atoms with E-state index in [2.05, 4.69) is 53.6 Å². The lowest BCUT2D eigenvalue weighted by atomic mass is 10.0. The lowest BCUT2D eigenvalue weighted by Gasteiger charge is -2.22. The van der Waals surface area contributed by atoms with Gasteiger partial charge in [-0.2, -0.15) is 13.2 Å². The van der Waals surface area contributed by atoms with Crippen LogP contribution in [0.5, 0.6) is 0 Å². The number of aryl methyl sites for hydroxylation is 2. The molecule has 0 amide bonds. The summed E-state index contributed by atoms with van der Waals surface area (Å²) in [5.41, 5.74) is 5.37. The number of benzene rings is 1. The Hall–Kier alpha value is -2.60. The number of fused-ring (bicyclic) bond motifs is 3. The number of halogens is 3. The van der Waals surface area contributed by atoms with Crippen LogP contribution in [-0.2, 0) is 25.6 Å². The fourth-order valence-corrected chi connectivity index (χ4v) is 3.59. The Balaban J connectivity index is 0.000000170. The molecule has 0 unspecified atom stereocenters. The van der Waals surface area contributed by atoms with Gasteiger partial charge in [0.1, 0.15) is 0 Å². The second kappa shape index (κ2) is 8.41. The van der Waals surface area contributed by atoms with Crippen LogP contribution in [0.25, 0.3) is 17.0 Å². The van der Waals surface area contributed by atoms with E-state index in [9.17, 15) is 13.2 Å². The lowest BCUT2D eigenvalue weighted by molar-refractivity contribution is -0.137. The van der Waals surface area contributed by atoms with E-state index in [-0.39, 0.29) is 5.56 Å². The molecular weight excluding hydrogens is 375 g/mol. The first kappa shape index (κ1) is 21.1. The second-order valence-corrected chi connectivity index (χ2v) is 7.42. The van der Waals surface area contributed by atoms with Crippen molar-refractivity contribution < 1.29 is 13.2 Å². The minimum absolute atomic E-state index is 0.0121. The normalized spacial score (nSPS) is 14.3. The van der Waals surface area contributed by atoms with Crippen LogP contribution in [0.4, 0.5) is 13.2 Å². The number of pyridine rings is 1. The number of hydrogen-bond acceptors (Lipinski definition) is 2. The predicted octanol–water partition coefficient (Wildman–Crippen LogP) is 5.77. The van der Waals surface area contributed by atoms with Crippen LogP contribution in [0.15, 0.2) is 37.0 Å². The van der Waals surface area contributed by atoms with E-state index < -0.39 is 11.7 Å². The summed E-state index contributed by atoms with van der Waals surface area (Å²) in [5.74, 6) is 0. The summed E-state index contributed by atoms with van der Waals surface area (Å²) in [6.07, 6.45) is 0.255. The molecule has 3 nitrogen and oxygen atoms in total. The zero-order chi connectivity index (χ0) is 21.2. The SMILES string of the molecule is C=Cc1cnc(C)cc1C(F)(F)F.CCc1ccc2[nH]c3c(c2c1)CN(C)CC3. The van der Waals surface area contributed by atoms with Gasteiger partial charge in [0.25, 0.3) is 0 Å². The molecule has 1 aliphatic rings. The minimum Gasteiger partial charge on any atom is -0.358 e. The standard InChI is InChI=1S/C14H18N2.C9H8F3N/c1-3-10-4-5-13-11(8-10)12-9-16(2)7-6-14(12)15-13;1-3-7-5-13-6(2)4-8(7)9(10,11)12/h4-5,8,15H,3,6-7,9H2,1-2H3;3-5H,1H2,2H3. The fourth-order valence-electron chi connectivity index (χ4n) is 3.59. The highest BCUT2D eigenvalue weighted by molar-refractivity contribution is 5.85. The Labute approximate surface area is 169 Å². The Kier molecular flexibility index (Phi) is 6.13. The van der Waals surface area contributed by atoms with E-state index in [1.807, 2.05) is 0 Å². The number of H-pyrrole nitrogens is 1. The molecule has 0 spiro atoms. The van der Waals surface area contributed by atoms with Gasteiger partial charge in [-0.1, -0.05) is 25.6 Å². The molecule has 3 aromatic rings. The molecule has 154 valence electrons. The number of hydrogen-bond donors (Lipinski definition) is 1. The maximum absolute atomic E-state index is 12.3. The predicted molar refractivity (Wildman–Crippen MR) is 112 cm³/mol. The quantitative estimate of drug-likeness (QED) is 0.591. The first-order valence-corrected chi connectivity index (χ1v) is 9.70. The van der Waals surface area contributed by atoms with Crippen molar-refractivity contribution in [2.75, 3.05) is 13.6 Å². The summed E-state index contributed by atoms with van der Waals surface area (Å²) in [6, 6.07) is 7.82. The van der Waals surface area contributed by atoms with Crippen LogP contribution in [0.1, 0.15) is 40.6 Å². The monoisotopic (exact) mass is 401 g/mol. The number of aromatic amines is 1. The second-order valence-electron chi connectivity index (χ2n) is 7.42. The molecule has 1 N–H and O–H groups in total. The van der Waals surface area contributed by atoms with Gasteiger partial charge in [0, 0.05) is 53.6 Å². The van der Waals surface area contributed by atoms with Crippen molar-refractivity contribution in [2.45, 2.75) is 39.4 Å². The lowest BCUT2D eigenvalue weighted by Crippen LogP contribution is -2.26. The van der Waals surface area contributed by atoms with Crippen molar-refractivity contribution in [3.8, 4) is 0 Å². The number of aromatic nitrogens is 2. The summed E-state index contributed by atoms with van der Waals surface area (Å²) in [7, 11) is 2.20. The van der Waals surface area contributed by atoms with Gasteiger partial charge in [0.2, 0.25) is 0 Å². The molecule has 0 saturated carbocycles. The molecule has 6 heteroatoms. The molecule has 1 aromatic carbocycles. The molecule has 2 aromatic heterocycles. The maximum atomic E-state index is 12.3. The van der Waals surface area contributed by atoms with Gasteiger partial charge in [-0.3, -0.25) is 4.98 Å². The average molecular weight is 401 g/mol. The highest BCUT2D eigenvalue weighted by atomic mass is 19.4. The van der Waals surface area contributed by atoms with Gasteiger partial charge < -0.3 is 9.88 Å². The highest BCUT2D eigenvalue weighted by Gasteiger charge is 2.32. The Morgan fingerprint density at radius 3 is 2.69 bits per heavy atom. The molecular formula is C23H26F3N3. The maximum Gasteiger partial charge on any atom is 0.417 e. The van der Waals surface area contributed by atoms with E-state index in [0.29, 0.717) is 5.69 Å². The number of nitrogens with zero attached hydrogens (tertiary/aromatic N) is 2. The van der Waals surface area contributed by atoms with Gasteiger partial charge in [0.05, 0.1) is 5.56 Å². The summed E-state index contributed by atoms with van der Waals surface area (Å²) >= 11 is 0. The molecule has 0 atom stereocenters. The summed E-state index contributed by atoms with van der Waals surface area (Å²) in [4.78, 5) is 9.71. The van der Waals surface area contributed by atoms with Gasteiger partial charge in [0.15, 0.2) is 0 Å². The van der Waals surface area contributed by atoms with Crippen LogP contribution in [0, 0.1) is 6.92 Å². The van der Waals surface area contributed by atoms with Crippen molar-refractivity contribution in [3.63, 3.8) is 0 Å². The molecule has 29 heavy (non-hydrogen) atoms. The molecule has 0 saturated heterocycles. The smallest absolute Gasteiger partial charge is 0.358 e. The Morgan fingerprint density at radius 1 is 1.28 bits per heavy atom. The largest absolute Gasteiger partial charge is 0.417 e. The van der Waals surface area contributed by atoms with Crippen LogP contribution >= 0.6 is 0 Å². The summed E-state index contributed by atoms with van der Waals surface area (Å²) < 4.78 is 37.0. The minimum atomic E-state index is -4.34. The zero-order valence-corrected chi connectivity index (χ0v) is 17.0. The molecule has 0 bridgehead atoms. The molecule has 0 aliphatic carbocycles. The van der Waals surface area contributed by atoms with Gasteiger partial charge in [-0.05, 0) is 49.7 Å². The summed E-state index contributed by atoms with van der Waals surface area (Å²) in [6.45, 7) is 9.28. The van der Waals surface area contributed by atoms with Crippen molar-refractivity contribution in [1.29, 1.82) is 0 Å². The number of rotatable bonds is 2. The fraction of sp³-hybridized carbons (Fsp3) is 0.348. The van der Waals surface area contributed by atoms with Crippen molar-refractivity contribution in [2.24, 2.45) is 0 Å². The molecule has 1 aliphatic heterocycles. The van der Waals surface area contributed by atoms with Crippen LogP contribution in [-0.4, -0.2) is 28.5 Å². The topological polar surface area (TPSA) is 31.9 Å². The number of alkyl halides is 3. The van der Waals surface area contributed by atoms with E-state index in [1.165, 1.54) is 47.4 Å². The Bertz CT molecular complexity index is 1020. The van der Waals surface area contributed by atoms with Gasteiger partial charge >= 0.3 is 6.18 Å². The van der Waals surface area contributed by atoms with Gasteiger partial charge in [-0.15, -0.1) is 0 Å². The first-order valence-electron chi connectivity index (χ1n) is 9.70. The van der Waals surface area contributed by atoms with Crippen molar-refractivity contribution in [1.82, 2.24) is 14.9 Å². The average Bonchev–Trinajstić information content (AvgIpc) is 3.04. The van der Waals surface area contributed by atoms with Crippen LogP contribution < -0.4 is 0 Å². The van der Waals surface area contributed by atoms with Crippen molar-refractivity contribution >= 4 is 17.0 Å². The third-order valence-corrected chi connectivity index (χ3v) is 5.24. The number of likely N-dealkylation sites (N-methyl/N-ethyl adjacent to an activating group) is 1. The first-order chi connectivity index (χ1) is 13.7. The van der Waals surface area contributed by atoms with Crippen LogP contribution in [0.2, 0.25) is 0 Å². The van der Waals surface area contributed by atoms with E-state index in [0.717, 1.165) is 31.5 Å². The molecule has 0 fully saturated rings. The Morgan fingerprint density at radius 2 is 2.03 bits per heavy atom.